The van der Waals surface area contributed by atoms with Gasteiger partial charge < -0.3 is 24.7 Å². The second kappa shape index (κ2) is 15.8. The monoisotopic (exact) mass is 851 g/mol. The van der Waals surface area contributed by atoms with E-state index in [0.29, 0.717) is 17.3 Å². The van der Waals surface area contributed by atoms with Crippen LogP contribution in [0.2, 0.25) is 5.02 Å². The van der Waals surface area contributed by atoms with Crippen molar-refractivity contribution in [3.63, 3.8) is 0 Å². The SMILES string of the molecule is CC1(C)CCC(CN2CCN(c3ccc(C(=O)NS(=O)(=O)c4cc5c(c([N+](=O)[O-])c4)N[C@H](C4CC4)CO5)c(Oc4cnc5[nH]ccc5c4)c3)CC2)=C(c2ccc(Cl)cc2)C1. The molecule has 14 nitrogen and oxygen atoms in total. The Hall–Kier alpha value is -5.64. The maximum absolute atomic E-state index is 14.0. The van der Waals surface area contributed by atoms with E-state index in [-0.39, 0.29) is 40.8 Å². The van der Waals surface area contributed by atoms with Crippen LogP contribution in [0.25, 0.3) is 16.6 Å². The van der Waals surface area contributed by atoms with Gasteiger partial charge in [0, 0.05) is 73.2 Å². The number of benzene rings is 3. The zero-order chi connectivity index (χ0) is 41.8. The van der Waals surface area contributed by atoms with Gasteiger partial charge in [-0.2, -0.15) is 0 Å². The Bertz CT molecular complexity index is 2630. The summed E-state index contributed by atoms with van der Waals surface area (Å²) in [5.74, 6) is -0.111. The Morgan fingerprint density at radius 2 is 1.85 bits per heavy atom. The number of aromatic amines is 1. The highest BCUT2D eigenvalue weighted by atomic mass is 35.5. The molecular weight excluding hydrogens is 806 g/mol. The number of piperazine rings is 1. The standard InChI is InChI=1S/C44H46ClN7O7S/c1-44(2)13-11-30(36(23-44)27-5-7-31(45)8-6-27)25-50-15-17-51(18-16-50)32-9-10-35(39(20-32)59-33-19-29-12-14-46-42(29)47-24-33)43(53)49-60(56,57)34-21-38(52(54)55)41-40(22-34)58-26-37(48-41)28-3-4-28/h5-10,12,14,19-22,24,28,37,48H,3-4,11,13,15-18,23,25-26H2,1-2H3,(H,46,47)(H,49,53)/t37-/m0/s1. The van der Waals surface area contributed by atoms with E-state index in [1.54, 1.807) is 24.4 Å². The fourth-order valence-corrected chi connectivity index (χ4v) is 9.64. The number of halogens is 1. The summed E-state index contributed by atoms with van der Waals surface area (Å²) in [7, 11) is -4.61. The Kier molecular flexibility index (Phi) is 10.5. The molecule has 1 saturated heterocycles. The van der Waals surface area contributed by atoms with Crippen molar-refractivity contribution in [1.29, 1.82) is 0 Å². The number of hydrogen-bond acceptors (Lipinski definition) is 11. The molecule has 0 radical (unpaired) electrons. The smallest absolute Gasteiger partial charge is 0.297 e. The molecule has 3 N–H and O–H groups in total. The molecule has 0 unspecified atom stereocenters. The van der Waals surface area contributed by atoms with Crippen LogP contribution in [0.5, 0.6) is 17.2 Å². The first kappa shape index (κ1) is 39.8. The van der Waals surface area contributed by atoms with Crippen molar-refractivity contribution in [2.75, 3.05) is 49.5 Å². The number of sulfonamides is 1. The lowest BCUT2D eigenvalue weighted by atomic mass is 9.72. The minimum Gasteiger partial charge on any atom is -0.489 e. The summed E-state index contributed by atoms with van der Waals surface area (Å²) < 4.78 is 41.8. The van der Waals surface area contributed by atoms with Crippen LogP contribution in [0.1, 0.15) is 61.9 Å². The summed E-state index contributed by atoms with van der Waals surface area (Å²) in [6, 6.07) is 18.9. The molecule has 4 heterocycles. The van der Waals surface area contributed by atoms with Crippen molar-refractivity contribution in [3.8, 4) is 17.2 Å². The average molecular weight is 852 g/mol. The number of pyridine rings is 1. The summed E-state index contributed by atoms with van der Waals surface area (Å²) in [5.41, 5.74) is 5.43. The second-order valence-corrected chi connectivity index (χ2v) is 19.1. The van der Waals surface area contributed by atoms with Gasteiger partial charge in [0.25, 0.3) is 21.6 Å². The molecule has 1 saturated carbocycles. The van der Waals surface area contributed by atoms with E-state index in [0.717, 1.165) is 87.0 Å². The molecular formula is C44H46ClN7O7S. The molecule has 2 aromatic heterocycles. The number of rotatable bonds is 11. The molecule has 2 aliphatic carbocycles. The third-order valence-electron chi connectivity index (χ3n) is 12.1. The molecule has 4 aliphatic rings. The molecule has 0 bridgehead atoms. The van der Waals surface area contributed by atoms with Crippen LogP contribution < -0.4 is 24.4 Å². The number of allylic oxidation sites excluding steroid dienone is 1. The van der Waals surface area contributed by atoms with Crippen LogP contribution in [-0.4, -0.2) is 79.5 Å². The van der Waals surface area contributed by atoms with Crippen molar-refractivity contribution in [2.24, 2.45) is 11.3 Å². The normalized spacial score (nSPS) is 19.3. The summed E-state index contributed by atoms with van der Waals surface area (Å²) >= 11 is 6.24. The first-order valence-electron chi connectivity index (χ1n) is 20.3. The zero-order valence-electron chi connectivity index (χ0n) is 33.4. The van der Waals surface area contributed by atoms with Gasteiger partial charge >= 0.3 is 0 Å². The first-order valence-corrected chi connectivity index (χ1v) is 22.1. The molecule has 2 aliphatic heterocycles. The molecule has 9 rings (SSSR count). The fraction of sp³-hybridized carbons (Fsp3) is 0.364. The van der Waals surface area contributed by atoms with Crippen LogP contribution in [0.3, 0.4) is 0 Å². The molecule has 2 fully saturated rings. The van der Waals surface area contributed by atoms with Crippen LogP contribution in [-0.2, 0) is 10.0 Å². The number of ether oxygens (including phenoxy) is 2. The molecule has 60 heavy (non-hydrogen) atoms. The van der Waals surface area contributed by atoms with E-state index < -0.39 is 31.4 Å². The van der Waals surface area contributed by atoms with Gasteiger partial charge in [0.05, 0.1) is 27.6 Å². The van der Waals surface area contributed by atoms with Crippen molar-refractivity contribution in [3.05, 3.63) is 111 Å². The predicted molar refractivity (Wildman–Crippen MR) is 231 cm³/mol. The maximum atomic E-state index is 14.0. The van der Waals surface area contributed by atoms with Crippen LogP contribution >= 0.6 is 11.6 Å². The Morgan fingerprint density at radius 1 is 1.07 bits per heavy atom. The first-order chi connectivity index (χ1) is 28.8. The Morgan fingerprint density at radius 3 is 2.60 bits per heavy atom. The number of hydrogen-bond donors (Lipinski definition) is 3. The van der Waals surface area contributed by atoms with E-state index in [2.05, 4.69) is 55.8 Å². The Balaban J connectivity index is 0.955. The Labute approximate surface area is 353 Å². The molecule has 16 heteroatoms. The van der Waals surface area contributed by atoms with Crippen molar-refractivity contribution < 1.29 is 27.6 Å². The van der Waals surface area contributed by atoms with Crippen molar-refractivity contribution in [1.82, 2.24) is 19.6 Å². The number of nitrogens with one attached hydrogen (secondary N) is 3. The van der Waals surface area contributed by atoms with Crippen LogP contribution in [0.4, 0.5) is 17.1 Å². The summed E-state index contributed by atoms with van der Waals surface area (Å²) in [6.45, 7) is 8.88. The van der Waals surface area contributed by atoms with Crippen molar-refractivity contribution in [2.45, 2.75) is 56.9 Å². The van der Waals surface area contributed by atoms with Crippen LogP contribution in [0, 0.1) is 21.4 Å². The van der Waals surface area contributed by atoms with E-state index in [1.165, 1.54) is 35.0 Å². The van der Waals surface area contributed by atoms with E-state index in [9.17, 15) is 23.3 Å². The summed E-state index contributed by atoms with van der Waals surface area (Å²) in [5, 5.41) is 16.8. The number of carbonyl (C=O) groups is 1. The van der Waals surface area contributed by atoms with Gasteiger partial charge in [-0.25, -0.2) is 18.1 Å². The number of aromatic nitrogens is 2. The number of amides is 1. The van der Waals surface area contributed by atoms with Gasteiger partial charge in [0.2, 0.25) is 0 Å². The number of carbonyl (C=O) groups excluding carboxylic acids is 1. The minimum atomic E-state index is -4.61. The van der Waals surface area contributed by atoms with E-state index in [4.69, 9.17) is 21.1 Å². The summed E-state index contributed by atoms with van der Waals surface area (Å²) in [6.07, 6.45) is 8.46. The largest absolute Gasteiger partial charge is 0.489 e. The maximum Gasteiger partial charge on any atom is 0.297 e. The number of H-pyrrole nitrogens is 1. The van der Waals surface area contributed by atoms with Gasteiger partial charge in [0.1, 0.15) is 23.8 Å². The molecule has 0 spiro atoms. The van der Waals surface area contributed by atoms with Crippen LogP contribution in [0.15, 0.2) is 89.6 Å². The van der Waals surface area contributed by atoms with Gasteiger partial charge in [-0.05, 0) is 91.0 Å². The molecule has 312 valence electrons. The van der Waals surface area contributed by atoms with Gasteiger partial charge in [0.15, 0.2) is 11.4 Å². The molecule has 5 aromatic rings. The third-order valence-corrected chi connectivity index (χ3v) is 13.6. The number of anilines is 2. The fourth-order valence-electron chi connectivity index (χ4n) is 8.51. The number of fused-ring (bicyclic) bond motifs is 2. The number of nitro benzene ring substituents is 1. The number of nitrogens with zero attached hydrogens (tertiary/aromatic N) is 4. The highest BCUT2D eigenvalue weighted by Crippen LogP contribution is 2.45. The second-order valence-electron chi connectivity index (χ2n) is 17.0. The van der Waals surface area contributed by atoms with Gasteiger partial charge in [-0.15, -0.1) is 0 Å². The lowest BCUT2D eigenvalue weighted by molar-refractivity contribution is -0.384. The lowest BCUT2D eigenvalue weighted by Gasteiger charge is -2.39. The highest BCUT2D eigenvalue weighted by molar-refractivity contribution is 7.90. The number of nitro groups is 1. The minimum absolute atomic E-state index is 0.0384. The zero-order valence-corrected chi connectivity index (χ0v) is 34.9. The van der Waals surface area contributed by atoms with Gasteiger partial charge in [-0.1, -0.05) is 43.2 Å². The topological polar surface area (TPSA) is 172 Å². The molecule has 1 amide bonds. The van der Waals surface area contributed by atoms with Gasteiger partial charge in [-0.3, -0.25) is 19.8 Å². The molecule has 1 atom stereocenters. The van der Waals surface area contributed by atoms with Crippen molar-refractivity contribution >= 4 is 61.2 Å². The average Bonchev–Trinajstić information content (AvgIpc) is 3.98. The highest BCUT2D eigenvalue weighted by Gasteiger charge is 2.38. The summed E-state index contributed by atoms with van der Waals surface area (Å²) in [4.78, 5) is 37.1. The quantitative estimate of drug-likeness (QED) is 0.0861. The third kappa shape index (κ3) is 8.38. The van der Waals surface area contributed by atoms with E-state index >= 15 is 0 Å². The lowest BCUT2D eigenvalue weighted by Crippen LogP contribution is -2.47. The molecule has 3 aromatic carbocycles. The predicted octanol–water partition coefficient (Wildman–Crippen LogP) is 8.40. The van der Waals surface area contributed by atoms with E-state index in [1.807, 2.05) is 18.2 Å².